The summed E-state index contributed by atoms with van der Waals surface area (Å²) in [6, 6.07) is 8.14. The molecule has 5 atom stereocenters. The zero-order chi connectivity index (χ0) is 20.9. The molecule has 160 valence electrons. The van der Waals surface area contributed by atoms with E-state index in [2.05, 4.69) is 32.1 Å². The number of ether oxygens (including phenoxy) is 1. The van der Waals surface area contributed by atoms with Crippen LogP contribution in [-0.2, 0) is 9.53 Å². The van der Waals surface area contributed by atoms with Crippen molar-refractivity contribution in [2.24, 2.45) is 17.3 Å². The minimum atomic E-state index is 0.0576. The first-order valence-electron chi connectivity index (χ1n) is 11.6. The van der Waals surface area contributed by atoms with Gasteiger partial charge in [0, 0.05) is 17.4 Å². The largest absolute Gasteiger partial charge is 0.462 e. The summed E-state index contributed by atoms with van der Waals surface area (Å²) in [6.45, 7) is 7.70. The van der Waals surface area contributed by atoms with Crippen LogP contribution in [0.2, 0.25) is 5.02 Å². The molecule has 0 amide bonds. The van der Waals surface area contributed by atoms with Gasteiger partial charge in [0.2, 0.25) is 0 Å². The molecule has 1 saturated heterocycles. The van der Waals surface area contributed by atoms with Gasteiger partial charge in [0.15, 0.2) is 0 Å². The smallest absolute Gasteiger partial charge is 0.315 e. The molecule has 0 bridgehead atoms. The number of quaternary nitrogens is 1. The highest BCUT2D eigenvalue weighted by Gasteiger charge is 2.54. The van der Waals surface area contributed by atoms with Crippen LogP contribution < -0.4 is 4.90 Å². The summed E-state index contributed by atoms with van der Waals surface area (Å²) < 4.78 is 5.97. The molecule has 5 rings (SSSR count). The van der Waals surface area contributed by atoms with Crippen LogP contribution in [0.5, 0.6) is 0 Å². The van der Waals surface area contributed by atoms with Crippen molar-refractivity contribution in [3.05, 3.63) is 52.1 Å². The van der Waals surface area contributed by atoms with Crippen LogP contribution in [0.4, 0.5) is 0 Å². The van der Waals surface area contributed by atoms with E-state index in [-0.39, 0.29) is 23.4 Å². The zero-order valence-electron chi connectivity index (χ0n) is 18.2. The zero-order valence-corrected chi connectivity index (χ0v) is 18.9. The van der Waals surface area contributed by atoms with Crippen LogP contribution in [0.15, 0.2) is 41.5 Å². The van der Waals surface area contributed by atoms with Gasteiger partial charge in [0.25, 0.3) is 0 Å². The second-order valence-electron chi connectivity index (χ2n) is 10.2. The van der Waals surface area contributed by atoms with Gasteiger partial charge in [-0.05, 0) is 73.8 Å². The Morgan fingerprint density at radius 1 is 1.23 bits per heavy atom. The summed E-state index contributed by atoms with van der Waals surface area (Å²) in [5.74, 6) is 0.496. The number of hydrogen-bond donors (Lipinski definition) is 1. The number of benzene rings is 1. The number of rotatable bonds is 3. The minimum Gasteiger partial charge on any atom is -0.462 e. The Labute approximate surface area is 185 Å². The first kappa shape index (κ1) is 20.3. The summed E-state index contributed by atoms with van der Waals surface area (Å²) in [5.41, 5.74) is 6.16. The van der Waals surface area contributed by atoms with Crippen molar-refractivity contribution in [3.8, 4) is 0 Å². The SMILES string of the molecule is CC1=C2C[C@H]3[C@@H](C[C@@]2(C)CCC1)OC(=O)[C@@H]3C[NH+]1CC=C(c2ccc(Cl)cc2)CC1. The van der Waals surface area contributed by atoms with Crippen LogP contribution in [0.25, 0.3) is 5.57 Å². The average molecular weight is 427 g/mol. The van der Waals surface area contributed by atoms with Crippen LogP contribution in [0.3, 0.4) is 0 Å². The van der Waals surface area contributed by atoms with E-state index in [9.17, 15) is 4.79 Å². The molecule has 4 aliphatic rings. The topological polar surface area (TPSA) is 30.7 Å². The van der Waals surface area contributed by atoms with E-state index in [1.807, 2.05) is 12.1 Å². The molecule has 4 heteroatoms. The Morgan fingerprint density at radius 3 is 2.77 bits per heavy atom. The molecule has 0 radical (unpaired) electrons. The molecule has 2 fully saturated rings. The lowest BCUT2D eigenvalue weighted by Gasteiger charge is -2.45. The molecular formula is C26H33ClNO2+. The fourth-order valence-electron chi connectivity index (χ4n) is 6.55. The third-order valence-electron chi connectivity index (χ3n) is 8.29. The molecule has 30 heavy (non-hydrogen) atoms. The lowest BCUT2D eigenvalue weighted by Crippen LogP contribution is -3.13. The van der Waals surface area contributed by atoms with Crippen LogP contribution in [0.1, 0.15) is 57.9 Å². The van der Waals surface area contributed by atoms with Gasteiger partial charge in [-0.3, -0.25) is 4.79 Å². The van der Waals surface area contributed by atoms with Gasteiger partial charge in [-0.2, -0.15) is 0 Å². The van der Waals surface area contributed by atoms with E-state index in [4.69, 9.17) is 16.3 Å². The summed E-state index contributed by atoms with van der Waals surface area (Å²) in [6.07, 6.45) is 9.40. The molecule has 0 spiro atoms. The fourth-order valence-corrected chi connectivity index (χ4v) is 6.68. The molecule has 2 aliphatic carbocycles. The number of hydrogen-bond acceptors (Lipinski definition) is 2. The molecule has 2 aliphatic heterocycles. The molecule has 1 aromatic carbocycles. The highest BCUT2D eigenvalue weighted by molar-refractivity contribution is 6.30. The number of esters is 1. The van der Waals surface area contributed by atoms with Crippen LogP contribution >= 0.6 is 11.6 Å². The van der Waals surface area contributed by atoms with E-state index in [1.54, 1.807) is 11.1 Å². The number of nitrogens with one attached hydrogen (secondary N) is 1. The summed E-state index contributed by atoms with van der Waals surface area (Å²) in [4.78, 5) is 14.4. The predicted molar refractivity (Wildman–Crippen MR) is 120 cm³/mol. The van der Waals surface area contributed by atoms with Crippen molar-refractivity contribution in [2.45, 2.75) is 58.5 Å². The Hall–Kier alpha value is -1.58. The number of fused-ring (bicyclic) bond motifs is 2. The van der Waals surface area contributed by atoms with Crippen molar-refractivity contribution in [2.75, 3.05) is 19.6 Å². The monoisotopic (exact) mass is 426 g/mol. The van der Waals surface area contributed by atoms with Crippen molar-refractivity contribution >= 4 is 23.1 Å². The minimum absolute atomic E-state index is 0.0576. The lowest BCUT2D eigenvalue weighted by molar-refractivity contribution is -0.897. The molecule has 2 heterocycles. The number of carbonyl (C=O) groups is 1. The van der Waals surface area contributed by atoms with Crippen LogP contribution in [-0.4, -0.2) is 31.7 Å². The van der Waals surface area contributed by atoms with E-state index >= 15 is 0 Å². The van der Waals surface area contributed by atoms with Gasteiger partial charge in [0.1, 0.15) is 12.0 Å². The van der Waals surface area contributed by atoms with Gasteiger partial charge >= 0.3 is 5.97 Å². The predicted octanol–water partition coefficient (Wildman–Crippen LogP) is 4.47. The highest BCUT2D eigenvalue weighted by atomic mass is 35.5. The summed E-state index contributed by atoms with van der Waals surface area (Å²) >= 11 is 6.03. The molecule has 1 saturated carbocycles. The van der Waals surface area contributed by atoms with Gasteiger partial charge < -0.3 is 9.64 Å². The Balaban J connectivity index is 1.28. The lowest BCUT2D eigenvalue weighted by atomic mass is 9.59. The molecule has 0 aromatic heterocycles. The first-order chi connectivity index (χ1) is 14.4. The summed E-state index contributed by atoms with van der Waals surface area (Å²) in [7, 11) is 0. The van der Waals surface area contributed by atoms with Gasteiger partial charge in [0.05, 0.1) is 19.6 Å². The standard InChI is InChI=1S/C26H32ClNO2/c1-17-4-3-11-26(2)15-24-21(14-23(17)26)22(25(29)30-24)16-28-12-9-19(10-13-28)18-5-7-20(27)8-6-18/h5-9,21-22,24H,3-4,10-16H2,1-2H3/p+1/t21-,22-,24-,26-/m1/s1. The van der Waals surface area contributed by atoms with E-state index in [1.165, 1.54) is 35.3 Å². The average Bonchev–Trinajstić information content (AvgIpc) is 3.01. The van der Waals surface area contributed by atoms with Gasteiger partial charge in [-0.1, -0.05) is 41.8 Å². The second-order valence-corrected chi connectivity index (χ2v) is 10.7. The molecular weight excluding hydrogens is 394 g/mol. The molecule has 1 N–H and O–H groups in total. The quantitative estimate of drug-likeness (QED) is 0.571. The van der Waals surface area contributed by atoms with Crippen molar-refractivity contribution in [1.82, 2.24) is 0 Å². The highest BCUT2D eigenvalue weighted by Crippen LogP contribution is 2.54. The Morgan fingerprint density at radius 2 is 2.03 bits per heavy atom. The third-order valence-corrected chi connectivity index (χ3v) is 8.54. The Kier molecular flexibility index (Phi) is 5.31. The number of carbonyl (C=O) groups excluding carboxylic acids is 1. The van der Waals surface area contributed by atoms with Crippen molar-refractivity contribution in [3.63, 3.8) is 0 Å². The normalized spacial score (nSPS) is 36.1. The van der Waals surface area contributed by atoms with Crippen LogP contribution in [0, 0.1) is 17.3 Å². The maximum Gasteiger partial charge on any atom is 0.315 e. The second kappa shape index (κ2) is 7.84. The van der Waals surface area contributed by atoms with Crippen molar-refractivity contribution in [1.29, 1.82) is 0 Å². The summed E-state index contributed by atoms with van der Waals surface area (Å²) in [5, 5.41) is 0.781. The van der Waals surface area contributed by atoms with E-state index in [0.717, 1.165) is 43.9 Å². The van der Waals surface area contributed by atoms with E-state index in [0.29, 0.717) is 5.92 Å². The molecule has 1 aromatic rings. The Bertz CT molecular complexity index is 902. The first-order valence-corrected chi connectivity index (χ1v) is 12.0. The molecule has 3 nitrogen and oxygen atoms in total. The fraction of sp³-hybridized carbons (Fsp3) is 0.577. The van der Waals surface area contributed by atoms with Gasteiger partial charge in [-0.15, -0.1) is 0 Å². The van der Waals surface area contributed by atoms with Gasteiger partial charge in [-0.25, -0.2) is 0 Å². The molecule has 1 unspecified atom stereocenters. The van der Waals surface area contributed by atoms with E-state index < -0.39 is 0 Å². The van der Waals surface area contributed by atoms with Crippen molar-refractivity contribution < 1.29 is 14.4 Å². The maximum atomic E-state index is 12.8. The number of allylic oxidation sites excluding steroid dienone is 2. The maximum absolute atomic E-state index is 12.8. The third kappa shape index (κ3) is 3.65. The number of halogens is 1.